The molecule has 1 aromatic heterocycles. The maximum atomic E-state index is 13.7. The van der Waals surface area contributed by atoms with Gasteiger partial charge in [0.2, 0.25) is 6.54 Å². The van der Waals surface area contributed by atoms with Crippen molar-refractivity contribution < 1.29 is 28.0 Å². The Bertz CT molecular complexity index is 2000. The van der Waals surface area contributed by atoms with Crippen LogP contribution in [0.1, 0.15) is 69.9 Å². The van der Waals surface area contributed by atoms with Crippen LogP contribution in [0.15, 0.2) is 101 Å². The van der Waals surface area contributed by atoms with E-state index >= 15 is 0 Å². The van der Waals surface area contributed by atoms with Crippen LogP contribution >= 0.6 is 8.53 Å². The van der Waals surface area contributed by atoms with Crippen LogP contribution in [0, 0.1) is 6.57 Å². The van der Waals surface area contributed by atoms with Crippen LogP contribution in [0.3, 0.4) is 0 Å². The monoisotopic (exact) mass is 810 g/mol. The lowest BCUT2D eigenvalue weighted by Crippen LogP contribution is -2.39. The molecule has 2 unspecified atom stereocenters. The lowest BCUT2D eigenvalue weighted by molar-refractivity contribution is -0.0925. The van der Waals surface area contributed by atoms with Gasteiger partial charge in [-0.15, -0.1) is 0 Å². The number of rotatable bonds is 18. The smallest absolute Gasteiger partial charge is 0.351 e. The van der Waals surface area contributed by atoms with Crippen LogP contribution in [0.4, 0.5) is 5.82 Å². The zero-order valence-corrected chi connectivity index (χ0v) is 35.4. The standard InChI is InChI=1S/C44H55N6O7P/c1-31(2)50(32(3)4)58(55-28-25-45-5)57-38-29-42(49-27-24-40(47-43(49)51)46-41-15-12-26-48(41)6)56-39(38)30-54-44(33-13-10-9-11-14-33,34-16-20-36(52-7)21-17-34)35-18-22-37(53-8)23-19-35/h9-11,13-14,16-24,27,31-32,38-39,42H,12,15,25-26,28-30H2,1-4,6-8H3/t38?,39-,42-,58?/m1/s1. The first kappa shape index (κ1) is 42.9. The second kappa shape index (κ2) is 19.9. The summed E-state index contributed by atoms with van der Waals surface area (Å²) in [5.74, 6) is 2.71. The number of hydrogen-bond acceptors (Lipinski definition) is 10. The zero-order valence-electron chi connectivity index (χ0n) is 34.5. The summed E-state index contributed by atoms with van der Waals surface area (Å²) < 4.78 is 42.2. The third kappa shape index (κ3) is 9.78. The largest absolute Gasteiger partial charge is 0.497 e. The Kier molecular flexibility index (Phi) is 14.7. The molecule has 13 nitrogen and oxygen atoms in total. The SMILES string of the molecule is [C-]#[N+]CCOP(OC1C[C@H](n2ccc(N=C3CCCN3C)nc2=O)O[C@@H]1COC(c1ccccc1)(c1ccc(OC)cc1)c1ccc(OC)cc1)N(C(C)C)C(C)C. The summed E-state index contributed by atoms with van der Waals surface area (Å²) in [4.78, 5) is 28.3. The Hall–Kier alpha value is -4.67. The second-order valence-electron chi connectivity index (χ2n) is 14.9. The number of aliphatic imine (C=N–C) groups is 1. The van der Waals surface area contributed by atoms with E-state index in [1.165, 1.54) is 4.57 Å². The molecule has 4 atom stereocenters. The van der Waals surface area contributed by atoms with E-state index in [1.807, 2.05) is 85.9 Å². The quantitative estimate of drug-likeness (QED) is 0.0425. The number of benzene rings is 3. The van der Waals surface area contributed by atoms with Crippen molar-refractivity contribution in [2.24, 2.45) is 4.99 Å². The minimum absolute atomic E-state index is 0.0724. The normalized spacial score (nSPS) is 19.6. The number of likely N-dealkylation sites (tertiary alicyclic amines) is 1. The van der Waals surface area contributed by atoms with Gasteiger partial charge in [0.05, 0.1) is 26.9 Å². The molecule has 0 bridgehead atoms. The second-order valence-corrected chi connectivity index (χ2v) is 16.3. The van der Waals surface area contributed by atoms with Crippen molar-refractivity contribution in [3.63, 3.8) is 0 Å². The fraction of sp³-hybridized carbons (Fsp3) is 0.455. The average Bonchev–Trinajstić information content (AvgIpc) is 3.83. The van der Waals surface area contributed by atoms with Crippen molar-refractivity contribution >= 4 is 20.2 Å². The van der Waals surface area contributed by atoms with E-state index in [2.05, 4.69) is 52.1 Å². The molecule has 3 aromatic carbocycles. The van der Waals surface area contributed by atoms with Gasteiger partial charge in [0.15, 0.2) is 5.82 Å². The molecule has 4 aromatic rings. The van der Waals surface area contributed by atoms with E-state index in [9.17, 15) is 4.79 Å². The number of methoxy groups -OCH3 is 2. The highest BCUT2D eigenvalue weighted by molar-refractivity contribution is 7.44. The summed E-state index contributed by atoms with van der Waals surface area (Å²) in [7, 11) is 3.64. The van der Waals surface area contributed by atoms with E-state index in [1.54, 1.807) is 26.5 Å². The van der Waals surface area contributed by atoms with Gasteiger partial charge in [-0.2, -0.15) is 4.98 Å². The van der Waals surface area contributed by atoms with Gasteiger partial charge in [-0.05, 0) is 81.1 Å². The highest BCUT2D eigenvalue weighted by atomic mass is 31.2. The topological polar surface area (TPSA) is 113 Å². The van der Waals surface area contributed by atoms with Crippen molar-refractivity contribution in [1.82, 2.24) is 19.1 Å². The van der Waals surface area contributed by atoms with Crippen LogP contribution in [0.2, 0.25) is 0 Å². The third-order valence-electron chi connectivity index (χ3n) is 10.4. The Balaban J connectivity index is 1.40. The zero-order chi connectivity index (χ0) is 41.2. The van der Waals surface area contributed by atoms with E-state index < -0.39 is 38.3 Å². The first-order valence-corrected chi connectivity index (χ1v) is 20.9. The van der Waals surface area contributed by atoms with Crippen molar-refractivity contribution in [3.05, 3.63) is 130 Å². The minimum atomic E-state index is -1.65. The van der Waals surface area contributed by atoms with Crippen LogP contribution in [-0.4, -0.2) is 96.8 Å². The predicted octanol–water partition coefficient (Wildman–Crippen LogP) is 7.98. The number of nitrogens with zero attached hydrogens (tertiary/aromatic N) is 6. The summed E-state index contributed by atoms with van der Waals surface area (Å²) in [6.45, 7) is 17.2. The van der Waals surface area contributed by atoms with Crippen molar-refractivity contribution in [2.45, 2.75) is 83.1 Å². The van der Waals surface area contributed by atoms with Gasteiger partial charge < -0.3 is 37.7 Å². The maximum absolute atomic E-state index is 13.7. The van der Waals surface area contributed by atoms with E-state index in [-0.39, 0.29) is 31.8 Å². The fourth-order valence-corrected chi connectivity index (χ4v) is 9.32. The molecule has 58 heavy (non-hydrogen) atoms. The molecule has 0 saturated carbocycles. The average molecular weight is 811 g/mol. The molecule has 2 fully saturated rings. The number of amidine groups is 1. The summed E-state index contributed by atoms with van der Waals surface area (Å²) in [6, 6.07) is 27.7. The lowest BCUT2D eigenvalue weighted by Gasteiger charge is -2.39. The summed E-state index contributed by atoms with van der Waals surface area (Å²) in [5, 5.41) is 0. The first-order chi connectivity index (χ1) is 28.1. The molecule has 308 valence electrons. The Morgan fingerprint density at radius 1 is 0.948 bits per heavy atom. The van der Waals surface area contributed by atoms with Gasteiger partial charge in [0.25, 0.3) is 8.53 Å². The van der Waals surface area contributed by atoms with Crippen molar-refractivity contribution in [2.75, 3.05) is 47.6 Å². The Labute approximate surface area is 343 Å². The number of aromatic nitrogens is 2. The molecule has 2 aliphatic heterocycles. The van der Waals surface area contributed by atoms with E-state index in [0.29, 0.717) is 23.7 Å². The molecule has 3 heterocycles. The Morgan fingerprint density at radius 2 is 1.57 bits per heavy atom. The molecule has 0 amide bonds. The maximum Gasteiger partial charge on any atom is 0.351 e. The van der Waals surface area contributed by atoms with Crippen LogP contribution in [-0.2, 0) is 24.1 Å². The molecule has 14 heteroatoms. The van der Waals surface area contributed by atoms with Gasteiger partial charge in [-0.3, -0.25) is 4.57 Å². The summed E-state index contributed by atoms with van der Waals surface area (Å²) >= 11 is 0. The van der Waals surface area contributed by atoms with E-state index in [4.69, 9.17) is 34.6 Å². The molecule has 6 rings (SSSR count). The molecule has 0 aliphatic carbocycles. The predicted molar refractivity (Wildman–Crippen MR) is 226 cm³/mol. The van der Waals surface area contributed by atoms with Crippen LogP contribution in [0.5, 0.6) is 11.5 Å². The van der Waals surface area contributed by atoms with E-state index in [0.717, 1.165) is 41.9 Å². The molecular formula is C44H55N6O7P. The summed E-state index contributed by atoms with van der Waals surface area (Å²) in [5.41, 5.74) is 1.07. The first-order valence-electron chi connectivity index (χ1n) is 19.8. The van der Waals surface area contributed by atoms with Gasteiger partial charge in [-0.1, -0.05) is 54.6 Å². The van der Waals surface area contributed by atoms with Crippen molar-refractivity contribution in [3.8, 4) is 11.5 Å². The van der Waals surface area contributed by atoms with Gasteiger partial charge in [0, 0.05) is 44.7 Å². The molecule has 0 spiro atoms. The van der Waals surface area contributed by atoms with Gasteiger partial charge in [0.1, 0.15) is 41.9 Å². The highest BCUT2D eigenvalue weighted by Crippen LogP contribution is 2.50. The molecule has 2 aliphatic rings. The number of hydrogen-bond donors (Lipinski definition) is 0. The Morgan fingerprint density at radius 3 is 2.10 bits per heavy atom. The number of ether oxygens (including phenoxy) is 4. The van der Waals surface area contributed by atoms with Crippen LogP contribution in [0.25, 0.3) is 4.85 Å². The van der Waals surface area contributed by atoms with Gasteiger partial charge in [-0.25, -0.2) is 21.0 Å². The summed E-state index contributed by atoms with van der Waals surface area (Å²) in [6.07, 6.45) is 1.95. The lowest BCUT2D eigenvalue weighted by atomic mass is 9.80. The fourth-order valence-electron chi connectivity index (χ4n) is 7.57. The van der Waals surface area contributed by atoms with Crippen LogP contribution < -0.4 is 15.2 Å². The molecule has 2 saturated heterocycles. The van der Waals surface area contributed by atoms with Gasteiger partial charge >= 0.3 is 5.69 Å². The molecule has 0 radical (unpaired) electrons. The minimum Gasteiger partial charge on any atom is -0.497 e. The highest BCUT2D eigenvalue weighted by Gasteiger charge is 2.45. The molecule has 0 N–H and O–H groups in total. The third-order valence-corrected chi connectivity index (χ3v) is 12.6. The van der Waals surface area contributed by atoms with Crippen molar-refractivity contribution in [1.29, 1.82) is 0 Å². The molecular weight excluding hydrogens is 755 g/mol.